The van der Waals surface area contributed by atoms with Gasteiger partial charge in [-0.05, 0) is 24.3 Å². The molecule has 0 spiro atoms. The molecule has 0 fully saturated rings. The Bertz CT molecular complexity index is 765. The average molecular weight is 299 g/mol. The van der Waals surface area contributed by atoms with Gasteiger partial charge in [0.25, 0.3) is 0 Å². The molecule has 3 rings (SSSR count). The Morgan fingerprint density at radius 3 is 2.50 bits per heavy atom. The maximum absolute atomic E-state index is 11.4. The number of carboxylic acid groups (broad SMARTS) is 1. The lowest BCUT2D eigenvalue weighted by Crippen LogP contribution is -2.46. The van der Waals surface area contributed by atoms with Crippen LogP contribution >= 0.6 is 0 Å². The molecule has 2 aromatic carbocycles. The second kappa shape index (κ2) is 5.50. The lowest BCUT2D eigenvalue weighted by Gasteiger charge is -2.23. The molecule has 0 saturated carbocycles. The molecule has 1 aromatic heterocycles. The van der Waals surface area contributed by atoms with Crippen LogP contribution in [0.2, 0.25) is 0 Å². The van der Waals surface area contributed by atoms with Crippen molar-refractivity contribution in [2.75, 3.05) is 0 Å². The first-order valence-corrected chi connectivity index (χ1v) is 6.61. The van der Waals surface area contributed by atoms with E-state index in [1.165, 1.54) is 0 Å². The first-order valence-electron chi connectivity index (χ1n) is 6.61. The fourth-order valence-electron chi connectivity index (χ4n) is 2.04. The topological polar surface area (TPSA) is 92.8 Å². The van der Waals surface area contributed by atoms with Gasteiger partial charge < -0.3 is 19.4 Å². The van der Waals surface area contributed by atoms with E-state index in [4.69, 9.17) is 9.15 Å². The number of aliphatic carboxylic acids is 1. The number of carbonyl (C=O) groups is 1. The highest BCUT2D eigenvalue weighted by atomic mass is 16.6. The molecule has 0 bridgehead atoms. The van der Waals surface area contributed by atoms with Gasteiger partial charge in [0.2, 0.25) is 5.89 Å². The molecule has 22 heavy (non-hydrogen) atoms. The third-order valence-corrected chi connectivity index (χ3v) is 3.09. The number of benzene rings is 2. The zero-order valence-electron chi connectivity index (χ0n) is 11.5. The quantitative estimate of drug-likeness (QED) is 0.702. The summed E-state index contributed by atoms with van der Waals surface area (Å²) >= 11 is 0. The number of hydrogen-bond acceptors (Lipinski definition) is 5. The number of fused-ring (bicyclic) bond motifs is 1. The van der Waals surface area contributed by atoms with Crippen LogP contribution in [0.15, 0.2) is 59.0 Å². The second-order valence-corrected chi connectivity index (χ2v) is 4.76. The van der Waals surface area contributed by atoms with Crippen LogP contribution in [0.1, 0.15) is 5.89 Å². The molecule has 1 heterocycles. The van der Waals surface area contributed by atoms with E-state index in [1.54, 1.807) is 54.6 Å². The van der Waals surface area contributed by atoms with Crippen LogP contribution in [0.5, 0.6) is 5.75 Å². The molecular weight excluding hydrogens is 286 g/mol. The summed E-state index contributed by atoms with van der Waals surface area (Å²) in [4.78, 5) is 15.6. The van der Waals surface area contributed by atoms with E-state index in [0.717, 1.165) is 0 Å². The second-order valence-electron chi connectivity index (χ2n) is 4.76. The van der Waals surface area contributed by atoms with Gasteiger partial charge in [0, 0.05) is 0 Å². The van der Waals surface area contributed by atoms with Gasteiger partial charge in [0.15, 0.2) is 5.58 Å². The monoisotopic (exact) mass is 299 g/mol. The van der Waals surface area contributed by atoms with Gasteiger partial charge in [-0.25, -0.2) is 9.78 Å². The Labute approximate surface area is 125 Å². The first kappa shape index (κ1) is 14.1. The zero-order valence-corrected chi connectivity index (χ0v) is 11.5. The summed E-state index contributed by atoms with van der Waals surface area (Å²) < 4.78 is 10.7. The molecule has 112 valence electrons. The molecule has 6 heteroatoms. The molecule has 0 aliphatic rings. The van der Waals surface area contributed by atoms with Crippen molar-refractivity contribution in [1.82, 2.24) is 4.98 Å². The summed E-state index contributed by atoms with van der Waals surface area (Å²) in [7, 11) is 0. The average Bonchev–Trinajstić information content (AvgIpc) is 2.89. The summed E-state index contributed by atoms with van der Waals surface area (Å²) in [5, 5.41) is 19.6. The van der Waals surface area contributed by atoms with Gasteiger partial charge >= 0.3 is 11.8 Å². The van der Waals surface area contributed by atoms with Crippen LogP contribution < -0.4 is 4.74 Å². The highest BCUT2D eigenvalue weighted by molar-refractivity contribution is 5.76. The Morgan fingerprint density at radius 2 is 1.82 bits per heavy atom. The van der Waals surface area contributed by atoms with Crippen molar-refractivity contribution in [2.24, 2.45) is 0 Å². The normalized spacial score (nSPS) is 13.7. The van der Waals surface area contributed by atoms with Gasteiger partial charge in [0.05, 0.1) is 0 Å². The Kier molecular flexibility index (Phi) is 3.52. The third kappa shape index (κ3) is 2.77. The Morgan fingerprint density at radius 1 is 1.14 bits per heavy atom. The molecule has 0 aliphatic carbocycles. The number of aromatic nitrogens is 1. The number of nitrogens with zero attached hydrogens (tertiary/aromatic N) is 1. The van der Waals surface area contributed by atoms with Gasteiger partial charge in [-0.2, -0.15) is 0 Å². The highest BCUT2D eigenvalue weighted by Gasteiger charge is 2.41. The number of ether oxygens (including phenoxy) is 1. The number of aliphatic hydroxyl groups is 1. The van der Waals surface area contributed by atoms with Crippen molar-refractivity contribution in [3.8, 4) is 5.75 Å². The fourth-order valence-corrected chi connectivity index (χ4v) is 2.04. The molecule has 2 N–H and O–H groups in total. The summed E-state index contributed by atoms with van der Waals surface area (Å²) in [6.45, 7) is 0. The first-order chi connectivity index (χ1) is 10.6. The van der Waals surface area contributed by atoms with Crippen molar-refractivity contribution < 1.29 is 24.2 Å². The van der Waals surface area contributed by atoms with Crippen LogP contribution in [0.3, 0.4) is 0 Å². The molecule has 6 nitrogen and oxygen atoms in total. The van der Waals surface area contributed by atoms with Gasteiger partial charge in [-0.1, -0.05) is 30.3 Å². The molecule has 3 aromatic rings. The lowest BCUT2D eigenvalue weighted by atomic mass is 10.2. The molecule has 1 atom stereocenters. The summed E-state index contributed by atoms with van der Waals surface area (Å²) in [5.74, 6) is -3.65. The van der Waals surface area contributed by atoms with E-state index in [1.807, 2.05) is 0 Å². The van der Waals surface area contributed by atoms with Gasteiger partial charge in [-0.15, -0.1) is 0 Å². The van der Waals surface area contributed by atoms with Gasteiger partial charge in [0.1, 0.15) is 17.7 Å². The van der Waals surface area contributed by atoms with Crippen LogP contribution in [-0.2, 0) is 11.2 Å². The number of hydrogen-bond donors (Lipinski definition) is 2. The van der Waals surface area contributed by atoms with E-state index in [0.29, 0.717) is 11.1 Å². The van der Waals surface area contributed by atoms with E-state index in [9.17, 15) is 15.0 Å². The van der Waals surface area contributed by atoms with E-state index < -0.39 is 18.2 Å². The molecular formula is C16H13NO5. The number of para-hydroxylation sites is 3. The largest absolute Gasteiger partial charge is 0.476 e. The highest BCUT2D eigenvalue weighted by Crippen LogP contribution is 2.23. The van der Waals surface area contributed by atoms with Crippen molar-refractivity contribution in [3.05, 3.63) is 60.5 Å². The SMILES string of the molecule is O=C(O)C(O)(Cc1nc2ccccc2o1)Oc1ccccc1. The minimum atomic E-state index is -2.46. The summed E-state index contributed by atoms with van der Waals surface area (Å²) in [5.41, 5.74) is 1.11. The zero-order chi connectivity index (χ0) is 15.6. The number of carboxylic acids is 1. The third-order valence-electron chi connectivity index (χ3n) is 3.09. The minimum Gasteiger partial charge on any atom is -0.476 e. The summed E-state index contributed by atoms with van der Waals surface area (Å²) in [6, 6.07) is 15.2. The van der Waals surface area contributed by atoms with Crippen LogP contribution in [0.4, 0.5) is 0 Å². The van der Waals surface area contributed by atoms with Crippen LogP contribution in [-0.4, -0.2) is 27.0 Å². The molecule has 0 amide bonds. The standard InChI is InChI=1S/C16H13NO5/c18-15(19)16(20,22-11-6-2-1-3-7-11)10-14-17-12-8-4-5-9-13(12)21-14/h1-9,20H,10H2,(H,18,19). The Hall–Kier alpha value is -2.86. The smallest absolute Gasteiger partial charge is 0.377 e. The predicted molar refractivity (Wildman–Crippen MR) is 77.4 cm³/mol. The van der Waals surface area contributed by atoms with Crippen molar-refractivity contribution in [1.29, 1.82) is 0 Å². The van der Waals surface area contributed by atoms with E-state index in [-0.39, 0.29) is 11.6 Å². The van der Waals surface area contributed by atoms with Gasteiger partial charge in [-0.3, -0.25) is 0 Å². The maximum Gasteiger partial charge on any atom is 0.377 e. The predicted octanol–water partition coefficient (Wildman–Crippen LogP) is 2.22. The van der Waals surface area contributed by atoms with E-state index in [2.05, 4.69) is 4.98 Å². The summed E-state index contributed by atoms with van der Waals surface area (Å²) in [6.07, 6.45) is -0.411. The number of rotatable bonds is 5. The molecule has 0 saturated heterocycles. The molecule has 0 radical (unpaired) electrons. The van der Waals surface area contributed by atoms with Crippen molar-refractivity contribution >= 4 is 17.1 Å². The van der Waals surface area contributed by atoms with Crippen LogP contribution in [0.25, 0.3) is 11.1 Å². The van der Waals surface area contributed by atoms with Crippen molar-refractivity contribution in [2.45, 2.75) is 12.2 Å². The minimum absolute atomic E-state index is 0.0852. The fraction of sp³-hybridized carbons (Fsp3) is 0.125. The number of oxazole rings is 1. The Balaban J connectivity index is 1.89. The van der Waals surface area contributed by atoms with Crippen LogP contribution in [0, 0.1) is 0 Å². The lowest BCUT2D eigenvalue weighted by molar-refractivity contribution is -0.194. The van der Waals surface area contributed by atoms with E-state index >= 15 is 0 Å². The van der Waals surface area contributed by atoms with Crippen molar-refractivity contribution in [3.63, 3.8) is 0 Å². The molecule has 1 unspecified atom stereocenters. The maximum atomic E-state index is 11.4. The molecule has 0 aliphatic heterocycles.